The van der Waals surface area contributed by atoms with Crippen LogP contribution in [0.1, 0.15) is 25.6 Å². The predicted molar refractivity (Wildman–Crippen MR) is 112 cm³/mol. The van der Waals surface area contributed by atoms with Crippen LogP contribution in [0.5, 0.6) is 0 Å². The van der Waals surface area contributed by atoms with E-state index >= 15 is 0 Å². The Bertz CT molecular complexity index is 614. The van der Waals surface area contributed by atoms with Crippen molar-refractivity contribution in [1.29, 1.82) is 0 Å². The van der Waals surface area contributed by atoms with E-state index < -0.39 is 10.0 Å². The molecule has 0 aliphatic heterocycles. The van der Waals surface area contributed by atoms with E-state index in [0.29, 0.717) is 6.54 Å². The Morgan fingerprint density at radius 2 is 2.04 bits per heavy atom. The molecule has 1 rings (SSSR count). The van der Waals surface area contributed by atoms with E-state index in [1.54, 1.807) is 17.8 Å². The standard InChI is InChI=1S/C13H24N4O2S3.HI/c1-5-15-12(17-9-13(2,3)20-4)16-8-10-6-7-11(21-10)22(14,18)19;/h6-7H,5,8-9H2,1-4H3,(H2,14,18,19)(H2,15,16,17);1H. The van der Waals surface area contributed by atoms with Crippen LogP contribution in [0, 0.1) is 0 Å². The van der Waals surface area contributed by atoms with Crippen molar-refractivity contribution >= 4 is 63.1 Å². The summed E-state index contributed by atoms with van der Waals surface area (Å²) < 4.78 is 22.8. The third kappa shape index (κ3) is 8.57. The Morgan fingerprint density at radius 3 is 2.52 bits per heavy atom. The molecule has 0 spiro atoms. The Hall–Kier alpha value is -0.0400. The maximum atomic E-state index is 11.3. The highest BCUT2D eigenvalue weighted by atomic mass is 127. The van der Waals surface area contributed by atoms with Crippen LogP contribution in [-0.4, -0.2) is 38.5 Å². The number of nitrogens with two attached hydrogens (primary N) is 1. The van der Waals surface area contributed by atoms with Gasteiger partial charge in [0.05, 0.1) is 6.54 Å². The SMILES string of the molecule is CCNC(=NCc1ccc(S(N)(=O)=O)s1)NCC(C)(C)SC.I. The summed E-state index contributed by atoms with van der Waals surface area (Å²) >= 11 is 2.93. The highest BCUT2D eigenvalue weighted by Gasteiger charge is 2.16. The molecule has 23 heavy (non-hydrogen) atoms. The van der Waals surface area contributed by atoms with Crippen molar-refractivity contribution in [2.45, 2.75) is 36.3 Å². The molecule has 4 N–H and O–H groups in total. The molecule has 0 fully saturated rings. The van der Waals surface area contributed by atoms with E-state index in [0.717, 1.165) is 35.3 Å². The van der Waals surface area contributed by atoms with Crippen LogP contribution in [0.2, 0.25) is 0 Å². The van der Waals surface area contributed by atoms with Gasteiger partial charge in [-0.2, -0.15) is 11.8 Å². The first kappa shape index (κ1) is 23.0. The molecule has 0 atom stereocenters. The maximum Gasteiger partial charge on any atom is 0.247 e. The number of thioether (sulfide) groups is 1. The molecule has 134 valence electrons. The summed E-state index contributed by atoms with van der Waals surface area (Å²) in [4.78, 5) is 5.33. The van der Waals surface area contributed by atoms with Crippen LogP contribution in [0.15, 0.2) is 21.3 Å². The van der Waals surface area contributed by atoms with Crippen molar-refractivity contribution < 1.29 is 8.42 Å². The van der Waals surface area contributed by atoms with Gasteiger partial charge in [0.15, 0.2) is 5.96 Å². The van der Waals surface area contributed by atoms with Gasteiger partial charge in [-0.1, -0.05) is 0 Å². The van der Waals surface area contributed by atoms with Crippen molar-refractivity contribution in [2.75, 3.05) is 19.3 Å². The third-order valence-corrected chi connectivity index (χ3v) is 6.65. The number of nitrogens with zero attached hydrogens (tertiary/aromatic N) is 1. The largest absolute Gasteiger partial charge is 0.357 e. The van der Waals surface area contributed by atoms with Crippen molar-refractivity contribution in [2.24, 2.45) is 10.1 Å². The van der Waals surface area contributed by atoms with Gasteiger partial charge < -0.3 is 10.6 Å². The van der Waals surface area contributed by atoms with Gasteiger partial charge in [-0.05, 0) is 39.2 Å². The average Bonchev–Trinajstić information content (AvgIpc) is 2.91. The van der Waals surface area contributed by atoms with E-state index in [2.05, 4.69) is 35.7 Å². The molecule has 1 aromatic rings. The summed E-state index contributed by atoms with van der Waals surface area (Å²) in [7, 11) is -3.63. The zero-order valence-electron chi connectivity index (χ0n) is 13.8. The molecule has 1 heterocycles. The molecule has 0 saturated heterocycles. The third-order valence-electron chi connectivity index (χ3n) is 2.89. The summed E-state index contributed by atoms with van der Waals surface area (Å²) in [6.07, 6.45) is 2.08. The average molecular weight is 492 g/mol. The fourth-order valence-corrected chi connectivity index (χ4v) is 3.38. The van der Waals surface area contributed by atoms with Crippen molar-refractivity contribution in [3.63, 3.8) is 0 Å². The second kappa shape index (κ2) is 10.1. The van der Waals surface area contributed by atoms with Crippen LogP contribution in [-0.2, 0) is 16.6 Å². The molecule has 6 nitrogen and oxygen atoms in total. The Kier molecular flexibility index (Phi) is 10.0. The first-order valence-electron chi connectivity index (χ1n) is 6.87. The molecule has 0 radical (unpaired) electrons. The summed E-state index contributed by atoms with van der Waals surface area (Å²) in [6.45, 7) is 8.28. The lowest BCUT2D eigenvalue weighted by Gasteiger charge is -2.23. The number of hydrogen-bond acceptors (Lipinski definition) is 5. The first-order valence-corrected chi connectivity index (χ1v) is 10.5. The minimum absolute atomic E-state index is 0. The molecular weight excluding hydrogens is 467 g/mol. The van der Waals surface area contributed by atoms with Crippen LogP contribution in [0.25, 0.3) is 0 Å². The number of guanidine groups is 1. The first-order chi connectivity index (χ1) is 10.2. The number of nitrogens with one attached hydrogen (secondary N) is 2. The number of primary sulfonamides is 1. The van der Waals surface area contributed by atoms with Gasteiger partial charge in [0.25, 0.3) is 0 Å². The quantitative estimate of drug-likeness (QED) is 0.308. The van der Waals surface area contributed by atoms with E-state index in [1.165, 1.54) is 6.07 Å². The van der Waals surface area contributed by atoms with Crippen LogP contribution in [0.4, 0.5) is 0 Å². The fraction of sp³-hybridized carbons (Fsp3) is 0.615. The second-order valence-electron chi connectivity index (χ2n) is 5.28. The topological polar surface area (TPSA) is 96.6 Å². The molecule has 0 bridgehead atoms. The number of sulfonamides is 1. The molecule has 0 aromatic carbocycles. The molecule has 1 aromatic heterocycles. The van der Waals surface area contributed by atoms with Gasteiger partial charge in [-0.15, -0.1) is 35.3 Å². The second-order valence-corrected chi connectivity index (χ2v) is 9.75. The molecule has 0 unspecified atom stereocenters. The zero-order valence-corrected chi connectivity index (χ0v) is 18.5. The minimum atomic E-state index is -3.63. The van der Waals surface area contributed by atoms with Gasteiger partial charge in [0.1, 0.15) is 4.21 Å². The number of hydrogen-bond donors (Lipinski definition) is 3. The van der Waals surface area contributed by atoms with Gasteiger partial charge in [-0.25, -0.2) is 18.5 Å². The molecule has 0 aliphatic carbocycles. The van der Waals surface area contributed by atoms with Crippen LogP contribution < -0.4 is 15.8 Å². The molecule has 0 saturated carbocycles. The summed E-state index contributed by atoms with van der Waals surface area (Å²) in [5.74, 6) is 0.718. The number of thiophene rings is 1. The van der Waals surface area contributed by atoms with Crippen molar-refractivity contribution in [3.05, 3.63) is 17.0 Å². The minimum Gasteiger partial charge on any atom is -0.357 e. The van der Waals surface area contributed by atoms with Gasteiger partial charge in [0.2, 0.25) is 10.0 Å². The van der Waals surface area contributed by atoms with Crippen LogP contribution in [0.3, 0.4) is 0 Å². The summed E-state index contributed by atoms with van der Waals surface area (Å²) in [6, 6.07) is 3.26. The lowest BCUT2D eigenvalue weighted by atomic mass is 10.2. The van der Waals surface area contributed by atoms with E-state index in [-0.39, 0.29) is 32.9 Å². The monoisotopic (exact) mass is 492 g/mol. The number of halogens is 1. The van der Waals surface area contributed by atoms with Gasteiger partial charge >= 0.3 is 0 Å². The lowest BCUT2D eigenvalue weighted by molar-refractivity contribution is 0.600. The van der Waals surface area contributed by atoms with Gasteiger partial charge in [-0.3, -0.25) is 0 Å². The lowest BCUT2D eigenvalue weighted by Crippen LogP contribution is -2.43. The Balaban J connectivity index is 0.00000484. The zero-order chi connectivity index (χ0) is 16.8. The fourth-order valence-electron chi connectivity index (χ4n) is 1.46. The summed E-state index contributed by atoms with van der Waals surface area (Å²) in [5, 5.41) is 11.6. The van der Waals surface area contributed by atoms with Crippen molar-refractivity contribution in [3.8, 4) is 0 Å². The molecule has 10 heteroatoms. The predicted octanol–water partition coefficient (Wildman–Crippen LogP) is 2.21. The number of rotatable bonds is 7. The van der Waals surface area contributed by atoms with E-state index in [1.807, 2.05) is 6.92 Å². The van der Waals surface area contributed by atoms with Gasteiger partial charge in [0, 0.05) is 22.7 Å². The highest BCUT2D eigenvalue weighted by molar-refractivity contribution is 14.0. The van der Waals surface area contributed by atoms with Crippen LogP contribution >= 0.6 is 47.1 Å². The van der Waals surface area contributed by atoms with Crippen molar-refractivity contribution in [1.82, 2.24) is 10.6 Å². The maximum absolute atomic E-state index is 11.3. The smallest absolute Gasteiger partial charge is 0.247 e. The Morgan fingerprint density at radius 1 is 1.39 bits per heavy atom. The summed E-state index contributed by atoms with van der Waals surface area (Å²) in [5.41, 5.74) is 0. The van der Waals surface area contributed by atoms with E-state index in [4.69, 9.17) is 5.14 Å². The Labute approximate surface area is 164 Å². The molecule has 0 amide bonds. The number of aliphatic imine (C=N–C) groups is 1. The molecular formula is C13H25IN4O2S3. The molecule has 0 aliphatic rings. The normalized spacial score (nSPS) is 12.7. The van der Waals surface area contributed by atoms with E-state index in [9.17, 15) is 8.42 Å². The highest BCUT2D eigenvalue weighted by Crippen LogP contribution is 2.21.